The van der Waals surface area contributed by atoms with Gasteiger partial charge in [-0.3, -0.25) is 4.90 Å². The molecule has 1 aliphatic heterocycles. The molecule has 0 atom stereocenters. The first-order valence-corrected chi connectivity index (χ1v) is 8.16. The molecule has 1 aromatic rings. The van der Waals surface area contributed by atoms with Crippen LogP contribution in [0.5, 0.6) is 0 Å². The van der Waals surface area contributed by atoms with Crippen molar-refractivity contribution in [2.45, 2.75) is 31.6 Å². The van der Waals surface area contributed by atoms with Gasteiger partial charge in [-0.15, -0.1) is 0 Å². The summed E-state index contributed by atoms with van der Waals surface area (Å²) in [6.07, 6.45) is 1.12. The molecule has 0 saturated carbocycles. The fraction of sp³-hybridized carbons (Fsp3) is 0.625. The zero-order valence-electron chi connectivity index (χ0n) is 12.4. The van der Waals surface area contributed by atoms with Crippen LogP contribution in [0.2, 0.25) is 0 Å². The third-order valence-electron chi connectivity index (χ3n) is 3.60. The van der Waals surface area contributed by atoms with Crippen LogP contribution < -0.4 is 5.32 Å². The molecule has 2 rings (SSSR count). The summed E-state index contributed by atoms with van der Waals surface area (Å²) in [5.41, 5.74) is 2.86. The average molecular weight is 278 g/mol. The predicted octanol–water partition coefficient (Wildman–Crippen LogP) is 2.78. The second kappa shape index (κ2) is 6.78. The van der Waals surface area contributed by atoms with Crippen LogP contribution in [0, 0.1) is 0 Å². The fourth-order valence-electron chi connectivity index (χ4n) is 2.59. The Kier molecular flexibility index (Phi) is 5.31. The summed E-state index contributed by atoms with van der Waals surface area (Å²) in [7, 11) is 2.00. The Labute approximate surface area is 122 Å². The summed E-state index contributed by atoms with van der Waals surface area (Å²) in [5.74, 6) is 1.26. The minimum atomic E-state index is 0.408. The van der Waals surface area contributed by atoms with E-state index in [4.69, 9.17) is 0 Å². The highest BCUT2D eigenvalue weighted by molar-refractivity contribution is 8.00. The van der Waals surface area contributed by atoms with Crippen molar-refractivity contribution in [1.82, 2.24) is 10.2 Å². The van der Waals surface area contributed by atoms with Gasteiger partial charge >= 0.3 is 0 Å². The molecule has 0 amide bonds. The van der Waals surface area contributed by atoms with Gasteiger partial charge in [0.15, 0.2) is 0 Å². The zero-order chi connectivity index (χ0) is 13.7. The molecule has 1 saturated heterocycles. The van der Waals surface area contributed by atoms with E-state index in [9.17, 15) is 0 Å². The molecule has 1 aliphatic rings. The smallest absolute Gasteiger partial charge is 0.0234 e. The van der Waals surface area contributed by atoms with Crippen molar-refractivity contribution in [2.75, 3.05) is 32.4 Å². The molecule has 2 nitrogen and oxygen atoms in total. The SMILES string of the molecule is CNCCc1ccc(CN2CCSC(C)(C)C2)cc1. The van der Waals surface area contributed by atoms with Crippen LogP contribution in [-0.4, -0.2) is 42.1 Å². The number of likely N-dealkylation sites (N-methyl/N-ethyl adjacent to an activating group) is 1. The molecule has 0 aliphatic carbocycles. The topological polar surface area (TPSA) is 15.3 Å². The first-order chi connectivity index (χ1) is 9.09. The van der Waals surface area contributed by atoms with Crippen molar-refractivity contribution >= 4 is 11.8 Å². The fourth-order valence-corrected chi connectivity index (χ4v) is 3.76. The van der Waals surface area contributed by atoms with Crippen LogP contribution in [-0.2, 0) is 13.0 Å². The van der Waals surface area contributed by atoms with Crippen molar-refractivity contribution in [3.63, 3.8) is 0 Å². The second-order valence-electron chi connectivity index (χ2n) is 5.99. The van der Waals surface area contributed by atoms with E-state index >= 15 is 0 Å². The van der Waals surface area contributed by atoms with Gasteiger partial charge in [0, 0.05) is 30.1 Å². The van der Waals surface area contributed by atoms with Crippen LogP contribution in [0.3, 0.4) is 0 Å². The minimum absolute atomic E-state index is 0.408. The summed E-state index contributed by atoms with van der Waals surface area (Å²) >= 11 is 2.10. The van der Waals surface area contributed by atoms with Crippen LogP contribution >= 0.6 is 11.8 Å². The number of hydrogen-bond donors (Lipinski definition) is 1. The molecule has 1 aromatic carbocycles. The standard InChI is InChI=1S/C16H26N2S/c1-16(2)13-18(10-11-19-16)12-15-6-4-14(5-7-15)8-9-17-3/h4-7,17H,8-13H2,1-3H3. The molecule has 106 valence electrons. The van der Waals surface area contributed by atoms with E-state index in [1.54, 1.807) is 0 Å². The Morgan fingerprint density at radius 2 is 1.89 bits per heavy atom. The van der Waals surface area contributed by atoms with E-state index in [-0.39, 0.29) is 0 Å². The van der Waals surface area contributed by atoms with Crippen LogP contribution in [0.25, 0.3) is 0 Å². The summed E-state index contributed by atoms with van der Waals surface area (Å²) < 4.78 is 0.408. The molecule has 1 heterocycles. The van der Waals surface area contributed by atoms with Crippen LogP contribution in [0.4, 0.5) is 0 Å². The third-order valence-corrected chi connectivity index (χ3v) is 4.89. The maximum absolute atomic E-state index is 3.19. The molecule has 1 N–H and O–H groups in total. The average Bonchev–Trinajstić information content (AvgIpc) is 2.37. The monoisotopic (exact) mass is 278 g/mol. The Balaban J connectivity index is 1.88. The quantitative estimate of drug-likeness (QED) is 0.891. The molecular formula is C16H26N2S. The lowest BCUT2D eigenvalue weighted by Crippen LogP contribution is -2.42. The molecule has 19 heavy (non-hydrogen) atoms. The predicted molar refractivity (Wildman–Crippen MR) is 85.9 cm³/mol. The van der Waals surface area contributed by atoms with Crippen molar-refractivity contribution < 1.29 is 0 Å². The highest BCUT2D eigenvalue weighted by Gasteiger charge is 2.26. The molecule has 0 radical (unpaired) electrons. The van der Waals surface area contributed by atoms with Gasteiger partial charge in [-0.05, 0) is 45.0 Å². The normalized spacial score (nSPS) is 19.5. The largest absolute Gasteiger partial charge is 0.319 e. The first-order valence-electron chi connectivity index (χ1n) is 7.18. The number of thioether (sulfide) groups is 1. The number of nitrogens with one attached hydrogen (secondary N) is 1. The van der Waals surface area contributed by atoms with Crippen molar-refractivity contribution in [1.29, 1.82) is 0 Å². The molecule has 0 unspecified atom stereocenters. The van der Waals surface area contributed by atoms with Gasteiger partial charge < -0.3 is 5.32 Å². The Morgan fingerprint density at radius 1 is 1.21 bits per heavy atom. The lowest BCUT2D eigenvalue weighted by molar-refractivity contribution is 0.252. The maximum atomic E-state index is 3.19. The molecule has 0 aromatic heterocycles. The number of benzene rings is 1. The van der Waals surface area contributed by atoms with E-state index in [0.717, 1.165) is 19.5 Å². The van der Waals surface area contributed by atoms with E-state index in [0.29, 0.717) is 4.75 Å². The van der Waals surface area contributed by atoms with Gasteiger partial charge in [0.25, 0.3) is 0 Å². The maximum Gasteiger partial charge on any atom is 0.0234 e. The van der Waals surface area contributed by atoms with Gasteiger partial charge in [0.05, 0.1) is 0 Å². The van der Waals surface area contributed by atoms with Crippen LogP contribution in [0.1, 0.15) is 25.0 Å². The van der Waals surface area contributed by atoms with Gasteiger partial charge in [0.2, 0.25) is 0 Å². The van der Waals surface area contributed by atoms with Crippen LogP contribution in [0.15, 0.2) is 24.3 Å². The van der Waals surface area contributed by atoms with Gasteiger partial charge in [-0.1, -0.05) is 24.3 Å². The highest BCUT2D eigenvalue weighted by atomic mass is 32.2. The molecule has 0 spiro atoms. The lowest BCUT2D eigenvalue weighted by Gasteiger charge is -2.37. The number of hydrogen-bond acceptors (Lipinski definition) is 3. The van der Waals surface area contributed by atoms with E-state index in [1.807, 2.05) is 7.05 Å². The molecule has 1 fully saturated rings. The number of rotatable bonds is 5. The van der Waals surface area contributed by atoms with Gasteiger partial charge in [0.1, 0.15) is 0 Å². The van der Waals surface area contributed by atoms with Gasteiger partial charge in [-0.2, -0.15) is 11.8 Å². The Morgan fingerprint density at radius 3 is 2.53 bits per heavy atom. The highest BCUT2D eigenvalue weighted by Crippen LogP contribution is 2.30. The minimum Gasteiger partial charge on any atom is -0.319 e. The number of nitrogens with zero attached hydrogens (tertiary/aromatic N) is 1. The Hall–Kier alpha value is -0.510. The van der Waals surface area contributed by atoms with E-state index in [1.165, 1.54) is 30.0 Å². The van der Waals surface area contributed by atoms with Gasteiger partial charge in [-0.25, -0.2) is 0 Å². The second-order valence-corrected chi connectivity index (χ2v) is 7.79. The first kappa shape index (κ1) is 14.9. The van der Waals surface area contributed by atoms with Crippen molar-refractivity contribution in [2.24, 2.45) is 0 Å². The third kappa shape index (κ3) is 4.83. The lowest BCUT2D eigenvalue weighted by atomic mass is 10.1. The van der Waals surface area contributed by atoms with Crippen molar-refractivity contribution in [3.05, 3.63) is 35.4 Å². The Bertz CT molecular complexity index is 386. The molecule has 3 heteroatoms. The van der Waals surface area contributed by atoms with E-state index in [2.05, 4.69) is 60.1 Å². The molecular weight excluding hydrogens is 252 g/mol. The summed E-state index contributed by atoms with van der Waals surface area (Å²) in [4.78, 5) is 2.58. The van der Waals surface area contributed by atoms with E-state index < -0.39 is 0 Å². The zero-order valence-corrected chi connectivity index (χ0v) is 13.2. The summed E-state index contributed by atoms with van der Waals surface area (Å²) in [5, 5.41) is 3.19. The van der Waals surface area contributed by atoms with Crippen molar-refractivity contribution in [3.8, 4) is 0 Å². The summed E-state index contributed by atoms with van der Waals surface area (Å²) in [6.45, 7) is 9.26. The summed E-state index contributed by atoms with van der Waals surface area (Å²) in [6, 6.07) is 9.13. The molecule has 0 bridgehead atoms.